The second-order valence-electron chi connectivity index (χ2n) is 4.58. The number of aromatic nitrogens is 3. The van der Waals surface area contributed by atoms with E-state index in [1.165, 1.54) is 11.1 Å². The molecule has 96 valence electrons. The topological polar surface area (TPSA) is 42.7 Å². The lowest BCUT2D eigenvalue weighted by atomic mass is 9.99. The molecule has 0 fully saturated rings. The van der Waals surface area contributed by atoms with Gasteiger partial charge in [-0.05, 0) is 44.0 Å². The first-order valence-corrected chi connectivity index (χ1v) is 6.27. The molecule has 0 saturated heterocycles. The van der Waals surface area contributed by atoms with Gasteiger partial charge in [0.1, 0.15) is 0 Å². The zero-order chi connectivity index (χ0) is 13.0. The van der Waals surface area contributed by atoms with Gasteiger partial charge in [-0.15, -0.1) is 0 Å². The van der Waals surface area contributed by atoms with Gasteiger partial charge < -0.3 is 5.32 Å². The van der Waals surface area contributed by atoms with Gasteiger partial charge in [-0.2, -0.15) is 5.10 Å². The highest BCUT2D eigenvalue weighted by molar-refractivity contribution is 5.22. The SMILES string of the molecule is CNC(CCc1cnn(C)c1)c1cccnc1C. The molecular formula is C14H20N4. The molecule has 0 radical (unpaired) electrons. The maximum atomic E-state index is 4.35. The summed E-state index contributed by atoms with van der Waals surface area (Å²) in [7, 11) is 3.95. The fraction of sp³-hybridized carbons (Fsp3) is 0.429. The summed E-state index contributed by atoms with van der Waals surface area (Å²) in [6.45, 7) is 2.06. The van der Waals surface area contributed by atoms with Gasteiger partial charge in [0.25, 0.3) is 0 Å². The van der Waals surface area contributed by atoms with E-state index in [4.69, 9.17) is 0 Å². The maximum absolute atomic E-state index is 4.35. The van der Waals surface area contributed by atoms with Gasteiger partial charge >= 0.3 is 0 Å². The Morgan fingerprint density at radius 3 is 2.89 bits per heavy atom. The highest BCUT2D eigenvalue weighted by atomic mass is 15.2. The van der Waals surface area contributed by atoms with Crippen LogP contribution in [0.1, 0.15) is 29.3 Å². The first-order valence-electron chi connectivity index (χ1n) is 6.27. The van der Waals surface area contributed by atoms with Crippen LogP contribution >= 0.6 is 0 Å². The number of hydrogen-bond acceptors (Lipinski definition) is 3. The third kappa shape index (κ3) is 2.96. The molecule has 0 aliphatic rings. The van der Waals surface area contributed by atoms with Crippen LogP contribution in [-0.4, -0.2) is 21.8 Å². The molecule has 18 heavy (non-hydrogen) atoms. The first-order chi connectivity index (χ1) is 8.70. The van der Waals surface area contributed by atoms with E-state index in [-0.39, 0.29) is 0 Å². The van der Waals surface area contributed by atoms with Crippen molar-refractivity contribution in [2.45, 2.75) is 25.8 Å². The number of nitrogens with one attached hydrogen (secondary N) is 1. The summed E-state index contributed by atoms with van der Waals surface area (Å²) in [6.07, 6.45) is 7.92. The smallest absolute Gasteiger partial charge is 0.0521 e. The van der Waals surface area contributed by atoms with E-state index in [9.17, 15) is 0 Å². The van der Waals surface area contributed by atoms with Crippen molar-refractivity contribution >= 4 is 0 Å². The molecular weight excluding hydrogens is 224 g/mol. The molecule has 0 aliphatic carbocycles. The van der Waals surface area contributed by atoms with E-state index in [1.54, 1.807) is 0 Å². The molecule has 4 heteroatoms. The van der Waals surface area contributed by atoms with Crippen LogP contribution in [0.15, 0.2) is 30.7 Å². The van der Waals surface area contributed by atoms with Gasteiger partial charge in [-0.3, -0.25) is 9.67 Å². The second kappa shape index (κ2) is 5.78. The third-order valence-corrected chi connectivity index (χ3v) is 3.25. The summed E-state index contributed by atoms with van der Waals surface area (Å²) >= 11 is 0. The van der Waals surface area contributed by atoms with Crippen molar-refractivity contribution in [1.82, 2.24) is 20.1 Å². The van der Waals surface area contributed by atoms with Crippen LogP contribution < -0.4 is 5.32 Å². The molecule has 1 N–H and O–H groups in total. The van der Waals surface area contributed by atoms with Crippen molar-refractivity contribution in [3.8, 4) is 0 Å². The lowest BCUT2D eigenvalue weighted by Gasteiger charge is -2.17. The van der Waals surface area contributed by atoms with Crippen LogP contribution in [0.4, 0.5) is 0 Å². The molecule has 4 nitrogen and oxygen atoms in total. The molecule has 2 aromatic rings. The maximum Gasteiger partial charge on any atom is 0.0521 e. The second-order valence-corrected chi connectivity index (χ2v) is 4.58. The quantitative estimate of drug-likeness (QED) is 0.875. The first kappa shape index (κ1) is 12.8. The molecule has 0 aliphatic heterocycles. The number of rotatable bonds is 5. The minimum absolute atomic E-state index is 0.346. The van der Waals surface area contributed by atoms with Crippen LogP contribution in [0.25, 0.3) is 0 Å². The lowest BCUT2D eigenvalue weighted by molar-refractivity contribution is 0.544. The summed E-state index contributed by atoms with van der Waals surface area (Å²) in [4.78, 5) is 4.35. The number of hydrogen-bond donors (Lipinski definition) is 1. The number of nitrogens with zero attached hydrogens (tertiary/aromatic N) is 3. The summed E-state index contributed by atoms with van der Waals surface area (Å²) in [5, 5.41) is 7.56. The highest BCUT2D eigenvalue weighted by Gasteiger charge is 2.12. The van der Waals surface area contributed by atoms with Crippen molar-refractivity contribution in [2.75, 3.05) is 7.05 Å². The van der Waals surface area contributed by atoms with Crippen molar-refractivity contribution in [3.63, 3.8) is 0 Å². The molecule has 1 atom stereocenters. The molecule has 2 aromatic heterocycles. The van der Waals surface area contributed by atoms with Gasteiger partial charge in [0, 0.05) is 31.2 Å². The van der Waals surface area contributed by atoms with Crippen LogP contribution in [0.2, 0.25) is 0 Å². The van der Waals surface area contributed by atoms with E-state index in [0.717, 1.165) is 18.5 Å². The van der Waals surface area contributed by atoms with Gasteiger partial charge in [-0.25, -0.2) is 0 Å². The Balaban J connectivity index is 2.04. The van der Waals surface area contributed by atoms with Crippen molar-refractivity contribution < 1.29 is 0 Å². The summed E-state index contributed by atoms with van der Waals surface area (Å²) in [5.74, 6) is 0. The summed E-state index contributed by atoms with van der Waals surface area (Å²) in [5.41, 5.74) is 3.66. The molecule has 0 aromatic carbocycles. The van der Waals surface area contributed by atoms with Crippen molar-refractivity contribution in [3.05, 3.63) is 47.5 Å². The Bertz CT molecular complexity index is 504. The summed E-state index contributed by atoms with van der Waals surface area (Å²) in [6, 6.07) is 4.49. The zero-order valence-electron chi connectivity index (χ0n) is 11.2. The van der Waals surface area contributed by atoms with E-state index in [1.807, 2.05) is 37.2 Å². The highest BCUT2D eigenvalue weighted by Crippen LogP contribution is 2.20. The fourth-order valence-electron chi connectivity index (χ4n) is 2.23. The minimum Gasteiger partial charge on any atom is -0.313 e. The Labute approximate surface area is 108 Å². The molecule has 2 heterocycles. The van der Waals surface area contributed by atoms with Gasteiger partial charge in [0.2, 0.25) is 0 Å². The van der Waals surface area contributed by atoms with Crippen LogP contribution in [0.5, 0.6) is 0 Å². The summed E-state index contributed by atoms with van der Waals surface area (Å²) < 4.78 is 1.85. The largest absolute Gasteiger partial charge is 0.313 e. The van der Waals surface area contributed by atoms with Gasteiger partial charge in [0.05, 0.1) is 6.20 Å². The van der Waals surface area contributed by atoms with E-state index < -0.39 is 0 Å². The standard InChI is InChI=1S/C14H20N4/c1-11-13(5-4-8-16-11)14(15-2)7-6-12-9-17-18(3)10-12/h4-5,8-10,14-15H,6-7H2,1-3H3. The van der Waals surface area contributed by atoms with Crippen LogP contribution in [-0.2, 0) is 13.5 Å². The van der Waals surface area contributed by atoms with Crippen LogP contribution in [0.3, 0.4) is 0 Å². The Morgan fingerprint density at radius 1 is 1.44 bits per heavy atom. The third-order valence-electron chi connectivity index (χ3n) is 3.25. The van der Waals surface area contributed by atoms with Gasteiger partial charge in [-0.1, -0.05) is 6.07 Å². The Morgan fingerprint density at radius 2 is 2.28 bits per heavy atom. The molecule has 1 unspecified atom stereocenters. The average molecular weight is 244 g/mol. The number of aryl methyl sites for hydroxylation is 3. The van der Waals surface area contributed by atoms with E-state index >= 15 is 0 Å². The monoisotopic (exact) mass is 244 g/mol. The zero-order valence-corrected chi connectivity index (χ0v) is 11.2. The molecule has 0 amide bonds. The van der Waals surface area contributed by atoms with Gasteiger partial charge in [0.15, 0.2) is 0 Å². The fourth-order valence-corrected chi connectivity index (χ4v) is 2.23. The molecule has 0 saturated carbocycles. The number of pyridine rings is 1. The van der Waals surface area contributed by atoms with Crippen molar-refractivity contribution in [1.29, 1.82) is 0 Å². The Kier molecular flexibility index (Phi) is 4.10. The predicted molar refractivity (Wildman–Crippen MR) is 72.3 cm³/mol. The predicted octanol–water partition coefficient (Wildman–Crippen LogP) is 2.02. The Hall–Kier alpha value is -1.68. The average Bonchev–Trinajstić information content (AvgIpc) is 2.78. The minimum atomic E-state index is 0.346. The molecule has 2 rings (SSSR count). The van der Waals surface area contributed by atoms with E-state index in [2.05, 4.69) is 34.6 Å². The van der Waals surface area contributed by atoms with Crippen LogP contribution in [0, 0.1) is 6.92 Å². The molecule has 0 bridgehead atoms. The molecule has 0 spiro atoms. The normalized spacial score (nSPS) is 12.6. The van der Waals surface area contributed by atoms with E-state index in [0.29, 0.717) is 6.04 Å². The lowest BCUT2D eigenvalue weighted by Crippen LogP contribution is -2.18. The van der Waals surface area contributed by atoms with Crippen molar-refractivity contribution in [2.24, 2.45) is 7.05 Å².